The van der Waals surface area contributed by atoms with Gasteiger partial charge in [-0.1, -0.05) is 0 Å². The van der Waals surface area contributed by atoms with Crippen LogP contribution in [0.25, 0.3) is 12.2 Å². The molecule has 0 aliphatic heterocycles. The minimum Gasteiger partial charge on any atom is -1.00 e. The number of hydrogen-bond acceptors (Lipinski definition) is 0. The SMILES string of the molecule is C[SiH](C)[Zr+2]([CH]1C=Cc2ccccc21)[CH]1C=Cc2ccccc21.[I-].[I-]. The smallest absolute Gasteiger partial charge is 1.00 e. The summed E-state index contributed by atoms with van der Waals surface area (Å²) in [4.78, 5) is 0. The van der Waals surface area contributed by atoms with Crippen molar-refractivity contribution < 1.29 is 68.9 Å². The molecule has 2 aliphatic carbocycles. The third kappa shape index (κ3) is 3.77. The molecule has 0 radical (unpaired) electrons. The molecule has 4 rings (SSSR count). The summed E-state index contributed by atoms with van der Waals surface area (Å²) in [5.74, 6) is -0.615. The Morgan fingerprint density at radius 2 is 1.12 bits per heavy atom. The van der Waals surface area contributed by atoms with Crippen LogP contribution in [-0.2, 0) is 20.9 Å². The van der Waals surface area contributed by atoms with Crippen molar-refractivity contribution in [2.75, 3.05) is 0 Å². The Morgan fingerprint density at radius 1 is 0.708 bits per heavy atom. The van der Waals surface area contributed by atoms with Gasteiger partial charge in [0.25, 0.3) is 0 Å². The molecule has 0 nitrogen and oxygen atoms in total. The molecular weight excluding hydrogens is 613 g/mol. The second kappa shape index (κ2) is 8.92. The number of halogens is 2. The summed E-state index contributed by atoms with van der Waals surface area (Å²) in [6.07, 6.45) is 9.84. The predicted octanol–water partition coefficient (Wildman–Crippen LogP) is -0.868. The molecular formula is C20H21I2SiZr. The number of fused-ring (bicyclic) bond motifs is 2. The average Bonchev–Trinajstić information content (AvgIpc) is 3.13. The molecule has 0 spiro atoms. The van der Waals surface area contributed by atoms with E-state index in [1.807, 2.05) is 0 Å². The molecule has 0 saturated carbocycles. The normalized spacial score (nSPS) is 19.5. The first-order valence-electron chi connectivity index (χ1n) is 8.16. The van der Waals surface area contributed by atoms with E-state index >= 15 is 0 Å². The van der Waals surface area contributed by atoms with Crippen molar-refractivity contribution in [3.63, 3.8) is 0 Å². The van der Waals surface area contributed by atoms with Gasteiger partial charge in [0, 0.05) is 0 Å². The van der Waals surface area contributed by atoms with Crippen LogP contribution >= 0.6 is 0 Å². The van der Waals surface area contributed by atoms with E-state index < -0.39 is 26.8 Å². The molecule has 0 aromatic heterocycles. The first kappa shape index (κ1) is 20.8. The van der Waals surface area contributed by atoms with Crippen LogP contribution in [0, 0.1) is 0 Å². The van der Waals surface area contributed by atoms with Gasteiger partial charge in [-0.25, -0.2) is 0 Å². The second-order valence-electron chi connectivity index (χ2n) is 6.59. The fraction of sp³-hybridized carbons (Fsp3) is 0.200. The molecule has 0 heterocycles. The molecule has 2 aromatic carbocycles. The quantitative estimate of drug-likeness (QED) is 0.305. The zero-order chi connectivity index (χ0) is 15.1. The minimum absolute atomic E-state index is 0. The molecule has 2 unspecified atom stereocenters. The van der Waals surface area contributed by atoms with E-state index in [-0.39, 0.29) is 48.0 Å². The van der Waals surface area contributed by atoms with Crippen molar-refractivity contribution in [1.82, 2.24) is 0 Å². The van der Waals surface area contributed by atoms with Crippen LogP contribution in [-0.4, -0.2) is 5.92 Å². The molecule has 0 bridgehead atoms. The van der Waals surface area contributed by atoms with Gasteiger partial charge in [-0.15, -0.1) is 0 Å². The number of hydrogen-bond donors (Lipinski definition) is 0. The molecule has 0 amide bonds. The van der Waals surface area contributed by atoms with E-state index in [1.165, 1.54) is 11.1 Å². The van der Waals surface area contributed by atoms with Gasteiger partial charge in [0.15, 0.2) is 0 Å². The third-order valence-electron chi connectivity index (χ3n) is 4.98. The summed E-state index contributed by atoms with van der Waals surface area (Å²) in [5.41, 5.74) is 6.18. The second-order valence-corrected chi connectivity index (χ2v) is 26.9. The van der Waals surface area contributed by atoms with Crippen molar-refractivity contribution in [3.05, 3.63) is 82.9 Å². The topological polar surface area (TPSA) is 0 Å². The van der Waals surface area contributed by atoms with Gasteiger partial charge in [-0.05, 0) is 0 Å². The molecule has 2 aromatic rings. The summed E-state index contributed by atoms with van der Waals surface area (Å²) in [5, 5.41) is 0. The van der Waals surface area contributed by atoms with Gasteiger partial charge in [0.2, 0.25) is 0 Å². The number of benzene rings is 2. The van der Waals surface area contributed by atoms with E-state index in [9.17, 15) is 0 Å². The standard InChI is InChI=1S/2C9H7.C2H7Si.2HI.Zr/c2*1-2-5-9-7-3-6-8(9)4-1;1-3-2;;;/h2*1-7H;3H,1-2H3;2*1H;/q;;;;;+2/p-2. The first-order chi connectivity index (χ1) is 10.8. The third-order valence-corrected chi connectivity index (χ3v) is 26.4. The Hall–Kier alpha value is 0.480. The Bertz CT molecular complexity index is 708. The van der Waals surface area contributed by atoms with Gasteiger partial charge in [-0.3, -0.25) is 0 Å². The van der Waals surface area contributed by atoms with Crippen molar-refractivity contribution >= 4 is 18.1 Å². The number of allylic oxidation sites excluding steroid dienone is 2. The first-order valence-corrected chi connectivity index (χ1v) is 18.1. The van der Waals surface area contributed by atoms with Gasteiger partial charge < -0.3 is 48.0 Å². The molecule has 24 heavy (non-hydrogen) atoms. The van der Waals surface area contributed by atoms with Gasteiger partial charge >= 0.3 is 142 Å². The van der Waals surface area contributed by atoms with E-state index in [0.29, 0.717) is 0 Å². The van der Waals surface area contributed by atoms with Crippen molar-refractivity contribution in [3.8, 4) is 0 Å². The van der Waals surface area contributed by atoms with E-state index in [1.54, 1.807) is 11.1 Å². The van der Waals surface area contributed by atoms with Crippen LogP contribution in [0.3, 0.4) is 0 Å². The van der Waals surface area contributed by atoms with E-state index in [4.69, 9.17) is 0 Å². The Kier molecular flexibility index (Phi) is 7.72. The Labute approximate surface area is 188 Å². The zero-order valence-electron chi connectivity index (χ0n) is 13.9. The fourth-order valence-corrected chi connectivity index (χ4v) is 25.0. The molecule has 0 fully saturated rings. The maximum absolute atomic E-state index is 2.60. The van der Waals surface area contributed by atoms with Crippen LogP contribution in [0.15, 0.2) is 60.7 Å². The number of rotatable bonds is 3. The predicted molar refractivity (Wildman–Crippen MR) is 95.3 cm³/mol. The minimum atomic E-state index is -1.62. The van der Waals surface area contributed by atoms with Crippen LogP contribution in [0.1, 0.15) is 29.5 Å². The zero-order valence-corrected chi connectivity index (χ0v) is 21.8. The Morgan fingerprint density at radius 3 is 1.54 bits per heavy atom. The van der Waals surface area contributed by atoms with Crippen molar-refractivity contribution in [2.24, 2.45) is 0 Å². The van der Waals surface area contributed by atoms with E-state index in [2.05, 4.69) is 85.9 Å². The molecule has 123 valence electrons. The van der Waals surface area contributed by atoms with Crippen LogP contribution in [0.2, 0.25) is 13.1 Å². The molecule has 0 saturated heterocycles. The monoisotopic (exact) mass is 633 g/mol. The van der Waals surface area contributed by atoms with Crippen LogP contribution in [0.4, 0.5) is 0 Å². The average molecular weight is 635 g/mol. The summed E-state index contributed by atoms with van der Waals surface area (Å²) in [6.45, 7) is 5.19. The van der Waals surface area contributed by atoms with Crippen molar-refractivity contribution in [2.45, 2.75) is 20.3 Å². The molecule has 4 heteroatoms. The molecule has 2 atom stereocenters. The maximum atomic E-state index is 2.60. The van der Waals surface area contributed by atoms with Crippen LogP contribution < -0.4 is 48.0 Å². The van der Waals surface area contributed by atoms with Gasteiger partial charge in [-0.2, -0.15) is 0 Å². The van der Waals surface area contributed by atoms with Crippen LogP contribution in [0.5, 0.6) is 0 Å². The van der Waals surface area contributed by atoms with Crippen molar-refractivity contribution in [1.29, 1.82) is 0 Å². The molecule has 0 N–H and O–H groups in total. The van der Waals surface area contributed by atoms with Gasteiger partial charge in [0.05, 0.1) is 0 Å². The maximum Gasteiger partial charge on any atom is -1.00 e. The summed E-state index contributed by atoms with van der Waals surface area (Å²) >= 11 is -1.62. The van der Waals surface area contributed by atoms with E-state index in [0.717, 1.165) is 7.25 Å². The fourth-order valence-electron chi connectivity index (χ4n) is 3.99. The largest absolute Gasteiger partial charge is 1.00 e. The van der Waals surface area contributed by atoms with Gasteiger partial charge in [0.1, 0.15) is 0 Å². The molecule has 2 aliphatic rings. The summed E-state index contributed by atoms with van der Waals surface area (Å²) < 4.78 is 1.57. The Balaban J connectivity index is 0.00000104. The summed E-state index contributed by atoms with van der Waals surface area (Å²) in [6, 6.07) is 18.1. The summed E-state index contributed by atoms with van der Waals surface area (Å²) in [7, 11) is 0.